The summed E-state index contributed by atoms with van der Waals surface area (Å²) in [6.07, 6.45) is 2.41. The fraction of sp³-hybridized carbons (Fsp3) is 0.583. The van der Waals surface area contributed by atoms with E-state index >= 15 is 0 Å². The number of hydrogen-bond donors (Lipinski definition) is 3. The standard InChI is InChI=1S/C12H21BrN4O3S/c1-9(2)3-5-20-6-4-16-21(18,19)11-7-10(13)8-15-12(11)17-14/h7-9,16H,3-6,14H2,1-2H3,(H,15,17). The van der Waals surface area contributed by atoms with Crippen molar-refractivity contribution in [3.8, 4) is 0 Å². The third-order valence-corrected chi connectivity index (χ3v) is 4.53. The highest BCUT2D eigenvalue weighted by atomic mass is 79.9. The molecule has 4 N–H and O–H groups in total. The van der Waals surface area contributed by atoms with Crippen molar-refractivity contribution in [2.45, 2.75) is 25.2 Å². The zero-order valence-corrected chi connectivity index (χ0v) is 14.5. The molecule has 9 heteroatoms. The molecule has 0 aliphatic rings. The number of halogens is 1. The molecule has 0 aliphatic heterocycles. The molecule has 120 valence electrons. The van der Waals surface area contributed by atoms with E-state index in [1.165, 1.54) is 12.3 Å². The Morgan fingerprint density at radius 3 is 2.76 bits per heavy atom. The van der Waals surface area contributed by atoms with E-state index in [9.17, 15) is 8.42 Å². The zero-order chi connectivity index (χ0) is 15.9. The molecule has 0 fully saturated rings. The number of nitrogens with zero attached hydrogens (tertiary/aromatic N) is 1. The van der Waals surface area contributed by atoms with Crippen LogP contribution in [0.3, 0.4) is 0 Å². The molecule has 0 aliphatic carbocycles. The molecule has 0 atom stereocenters. The first-order valence-corrected chi connectivity index (χ1v) is 8.84. The molecular formula is C12H21BrN4O3S. The van der Waals surface area contributed by atoms with Crippen LogP contribution in [0.5, 0.6) is 0 Å². The summed E-state index contributed by atoms with van der Waals surface area (Å²) in [5.74, 6) is 5.93. The van der Waals surface area contributed by atoms with Gasteiger partial charge in [-0.25, -0.2) is 24.0 Å². The van der Waals surface area contributed by atoms with Gasteiger partial charge in [-0.15, -0.1) is 0 Å². The van der Waals surface area contributed by atoms with Crippen molar-refractivity contribution in [2.75, 3.05) is 25.2 Å². The fourth-order valence-electron chi connectivity index (χ4n) is 1.48. The predicted molar refractivity (Wildman–Crippen MR) is 85.2 cm³/mol. The Balaban J connectivity index is 2.56. The average molecular weight is 381 g/mol. The van der Waals surface area contributed by atoms with Crippen molar-refractivity contribution in [1.82, 2.24) is 9.71 Å². The Bertz CT molecular complexity index is 551. The van der Waals surface area contributed by atoms with E-state index in [-0.39, 0.29) is 17.3 Å². The molecule has 1 rings (SSSR count). The van der Waals surface area contributed by atoms with Gasteiger partial charge in [-0.2, -0.15) is 0 Å². The number of sulfonamides is 1. The second-order valence-electron chi connectivity index (χ2n) is 4.84. The van der Waals surface area contributed by atoms with Crippen LogP contribution in [0.4, 0.5) is 5.82 Å². The smallest absolute Gasteiger partial charge is 0.244 e. The number of anilines is 1. The van der Waals surface area contributed by atoms with Gasteiger partial charge in [0.1, 0.15) is 4.90 Å². The molecule has 7 nitrogen and oxygen atoms in total. The third kappa shape index (κ3) is 6.27. The average Bonchev–Trinajstić information content (AvgIpc) is 2.42. The van der Waals surface area contributed by atoms with Crippen molar-refractivity contribution in [3.63, 3.8) is 0 Å². The summed E-state index contributed by atoms with van der Waals surface area (Å²) in [4.78, 5) is 3.89. The first-order valence-electron chi connectivity index (χ1n) is 6.56. The van der Waals surface area contributed by atoms with E-state index in [4.69, 9.17) is 10.6 Å². The van der Waals surface area contributed by atoms with Crippen molar-refractivity contribution < 1.29 is 13.2 Å². The van der Waals surface area contributed by atoms with Crippen LogP contribution in [0.2, 0.25) is 0 Å². The van der Waals surface area contributed by atoms with E-state index in [1.807, 2.05) is 0 Å². The predicted octanol–water partition coefficient (Wildman–Crippen LogP) is 1.47. The molecule has 0 amide bonds. The van der Waals surface area contributed by atoms with Gasteiger partial charge in [0.25, 0.3) is 0 Å². The van der Waals surface area contributed by atoms with Gasteiger partial charge in [0, 0.05) is 23.8 Å². The maximum absolute atomic E-state index is 12.2. The summed E-state index contributed by atoms with van der Waals surface area (Å²) in [7, 11) is -3.69. The molecule has 0 bridgehead atoms. The van der Waals surface area contributed by atoms with Gasteiger partial charge in [-0.1, -0.05) is 13.8 Å². The second-order valence-corrected chi connectivity index (χ2v) is 7.49. The number of nitrogens with one attached hydrogen (secondary N) is 2. The van der Waals surface area contributed by atoms with E-state index in [0.29, 0.717) is 23.6 Å². The van der Waals surface area contributed by atoms with Gasteiger partial charge in [0.2, 0.25) is 10.0 Å². The van der Waals surface area contributed by atoms with Crippen LogP contribution in [0, 0.1) is 5.92 Å². The maximum atomic E-state index is 12.2. The summed E-state index contributed by atoms with van der Waals surface area (Å²) in [5, 5.41) is 0. The zero-order valence-electron chi connectivity index (χ0n) is 12.1. The lowest BCUT2D eigenvalue weighted by Crippen LogP contribution is -2.29. The quantitative estimate of drug-likeness (QED) is 0.340. The van der Waals surface area contributed by atoms with Gasteiger partial charge in [0.15, 0.2) is 5.82 Å². The van der Waals surface area contributed by atoms with E-state index < -0.39 is 10.0 Å². The summed E-state index contributed by atoms with van der Waals surface area (Å²) >= 11 is 3.19. The molecule has 0 spiro atoms. The van der Waals surface area contributed by atoms with Crippen LogP contribution in [-0.4, -0.2) is 33.2 Å². The fourth-order valence-corrected chi connectivity index (χ4v) is 3.12. The molecule has 0 radical (unpaired) electrons. The first-order chi connectivity index (χ1) is 9.86. The minimum Gasteiger partial charge on any atom is -0.380 e. The summed E-state index contributed by atoms with van der Waals surface area (Å²) in [6.45, 7) is 5.34. The lowest BCUT2D eigenvalue weighted by Gasteiger charge is -2.11. The number of nitrogen functional groups attached to an aromatic ring is 1. The highest BCUT2D eigenvalue weighted by Gasteiger charge is 2.19. The lowest BCUT2D eigenvalue weighted by molar-refractivity contribution is 0.128. The lowest BCUT2D eigenvalue weighted by atomic mass is 10.1. The number of aromatic nitrogens is 1. The number of nitrogens with two attached hydrogens (primary N) is 1. The van der Waals surface area contributed by atoms with E-state index in [0.717, 1.165) is 6.42 Å². The second kappa shape index (κ2) is 8.64. The minimum atomic E-state index is -3.69. The minimum absolute atomic E-state index is 0.0124. The van der Waals surface area contributed by atoms with Crippen LogP contribution in [0.1, 0.15) is 20.3 Å². The van der Waals surface area contributed by atoms with Crippen molar-refractivity contribution in [3.05, 3.63) is 16.7 Å². The third-order valence-electron chi connectivity index (χ3n) is 2.62. The number of pyridine rings is 1. The largest absolute Gasteiger partial charge is 0.380 e. The molecule has 0 unspecified atom stereocenters. The molecule has 21 heavy (non-hydrogen) atoms. The van der Waals surface area contributed by atoms with E-state index in [1.54, 1.807) is 0 Å². The summed E-state index contributed by atoms with van der Waals surface area (Å²) in [6, 6.07) is 1.43. The first kappa shape index (κ1) is 18.3. The van der Waals surface area contributed by atoms with Crippen molar-refractivity contribution in [2.24, 2.45) is 11.8 Å². The molecule has 1 aromatic heterocycles. The number of hydrazine groups is 1. The monoisotopic (exact) mass is 380 g/mol. The Hall–Kier alpha value is -0.740. The number of rotatable bonds is 9. The van der Waals surface area contributed by atoms with Gasteiger partial charge >= 0.3 is 0 Å². The normalized spacial score (nSPS) is 11.9. The molecule has 0 saturated heterocycles. The van der Waals surface area contributed by atoms with Crippen LogP contribution in [0.15, 0.2) is 21.6 Å². The van der Waals surface area contributed by atoms with Crippen molar-refractivity contribution >= 4 is 31.8 Å². The SMILES string of the molecule is CC(C)CCOCCNS(=O)(=O)c1cc(Br)cnc1NN. The van der Waals surface area contributed by atoms with Crippen LogP contribution in [0.25, 0.3) is 0 Å². The molecule has 1 aromatic rings. The highest BCUT2D eigenvalue weighted by molar-refractivity contribution is 9.10. The van der Waals surface area contributed by atoms with Gasteiger partial charge in [-0.05, 0) is 34.3 Å². The topological polar surface area (TPSA) is 106 Å². The van der Waals surface area contributed by atoms with Gasteiger partial charge < -0.3 is 10.2 Å². The van der Waals surface area contributed by atoms with Crippen LogP contribution in [-0.2, 0) is 14.8 Å². The Morgan fingerprint density at radius 2 is 2.14 bits per heavy atom. The van der Waals surface area contributed by atoms with Gasteiger partial charge in [-0.3, -0.25) is 0 Å². The maximum Gasteiger partial charge on any atom is 0.244 e. The van der Waals surface area contributed by atoms with Crippen LogP contribution < -0.4 is 16.0 Å². The Kier molecular flexibility index (Phi) is 7.53. The number of hydrogen-bond acceptors (Lipinski definition) is 6. The highest BCUT2D eigenvalue weighted by Crippen LogP contribution is 2.21. The summed E-state index contributed by atoms with van der Waals surface area (Å²) in [5.41, 5.74) is 2.27. The molecule has 1 heterocycles. The molecular weight excluding hydrogens is 360 g/mol. The Morgan fingerprint density at radius 1 is 1.43 bits per heavy atom. The summed E-state index contributed by atoms with van der Waals surface area (Å²) < 4.78 is 32.7. The number of ether oxygens (including phenoxy) is 1. The molecule has 0 aromatic carbocycles. The van der Waals surface area contributed by atoms with Crippen molar-refractivity contribution in [1.29, 1.82) is 0 Å². The van der Waals surface area contributed by atoms with Gasteiger partial charge in [0.05, 0.1) is 6.61 Å². The Labute approximate surface area is 133 Å². The molecule has 0 saturated carbocycles. The van der Waals surface area contributed by atoms with E-state index in [2.05, 4.69) is 44.9 Å². The van der Waals surface area contributed by atoms with Crippen LogP contribution >= 0.6 is 15.9 Å².